The maximum Gasteiger partial charge on any atom is 0.470 e. The van der Waals surface area contributed by atoms with Gasteiger partial charge in [-0.25, -0.2) is 9.13 Å². The highest BCUT2D eigenvalue weighted by molar-refractivity contribution is 7.46. The van der Waals surface area contributed by atoms with Crippen LogP contribution in [0.25, 0.3) is 0 Å². The van der Waals surface area contributed by atoms with Gasteiger partial charge in [0, 0.05) is 0 Å². The van der Waals surface area contributed by atoms with E-state index in [0.29, 0.717) is 6.42 Å². The van der Waals surface area contributed by atoms with Gasteiger partial charge in [0.15, 0.2) is 0 Å². The molecule has 0 aliphatic heterocycles. The Kier molecular flexibility index (Phi) is 8.54. The number of unbranched alkanes of at least 4 members (excludes halogenated alkanes) is 2. The molecule has 0 amide bonds. The molecule has 0 spiro atoms. The third-order valence-electron chi connectivity index (χ3n) is 2.23. The van der Waals surface area contributed by atoms with E-state index >= 15 is 0 Å². The molecule has 0 aliphatic carbocycles. The van der Waals surface area contributed by atoms with Crippen LogP contribution < -0.4 is 0 Å². The summed E-state index contributed by atoms with van der Waals surface area (Å²) in [6.45, 7) is 1.08. The molecule has 0 heterocycles. The zero-order chi connectivity index (χ0) is 15.1. The Morgan fingerprint density at radius 1 is 0.947 bits per heavy atom. The lowest BCUT2D eigenvalue weighted by molar-refractivity contribution is -0.0175. The number of aliphatic hydroxyl groups is 1. The lowest BCUT2D eigenvalue weighted by Gasteiger charge is -2.26. The Hall–Kier alpha value is 0.180. The van der Waals surface area contributed by atoms with E-state index in [1.807, 2.05) is 6.92 Å². The fourth-order valence-electron chi connectivity index (χ4n) is 1.47. The number of phosphoric ester groups is 2. The van der Waals surface area contributed by atoms with Crippen LogP contribution >= 0.6 is 15.6 Å². The third-order valence-corrected chi connectivity index (χ3v) is 3.32. The molecule has 0 aromatic rings. The summed E-state index contributed by atoms with van der Waals surface area (Å²) < 4.78 is 30.2. The van der Waals surface area contributed by atoms with Gasteiger partial charge >= 0.3 is 15.6 Å². The average Bonchev–Trinajstić information content (AvgIpc) is 2.22. The molecule has 0 aliphatic rings. The molecule has 5 N–H and O–H groups in total. The topological polar surface area (TPSA) is 154 Å². The predicted molar refractivity (Wildman–Crippen MR) is 65.1 cm³/mol. The Labute approximate surface area is 111 Å². The number of hydrogen-bond acceptors (Lipinski definition) is 5. The summed E-state index contributed by atoms with van der Waals surface area (Å²) in [6.07, 6.45) is -0.608. The first kappa shape index (κ1) is 19.2. The van der Waals surface area contributed by atoms with E-state index in [-0.39, 0.29) is 6.42 Å². The first-order chi connectivity index (χ1) is 8.59. The van der Waals surface area contributed by atoms with Gasteiger partial charge in [-0.2, -0.15) is 0 Å². The van der Waals surface area contributed by atoms with Gasteiger partial charge in [0.25, 0.3) is 0 Å². The van der Waals surface area contributed by atoms with E-state index in [0.717, 1.165) is 12.8 Å². The summed E-state index contributed by atoms with van der Waals surface area (Å²) in [4.78, 5) is 34.8. The van der Waals surface area contributed by atoms with Crippen LogP contribution in [0.4, 0.5) is 0 Å². The Bertz CT molecular complexity index is 335. The smallest absolute Gasteiger partial charge is 0.394 e. The standard InChI is InChI=1S/C8H20O9P2/c1-2-3-4-5-7(16-18(10,11)12)8(6-9)17-19(13,14)15/h7-9H,2-6H2,1H3,(H2,10,11,12)(H2,13,14,15). The molecular formula is C8H20O9P2. The van der Waals surface area contributed by atoms with Gasteiger partial charge in [-0.15, -0.1) is 0 Å². The van der Waals surface area contributed by atoms with Gasteiger partial charge in [0.05, 0.1) is 12.7 Å². The molecule has 0 fully saturated rings. The van der Waals surface area contributed by atoms with Gasteiger partial charge < -0.3 is 24.7 Å². The van der Waals surface area contributed by atoms with Crippen LogP contribution in [-0.4, -0.2) is 43.5 Å². The maximum atomic E-state index is 10.8. The summed E-state index contributed by atoms with van der Waals surface area (Å²) >= 11 is 0. The number of phosphoric acid groups is 2. The lowest BCUT2D eigenvalue weighted by atomic mass is 10.1. The molecule has 11 heteroatoms. The minimum atomic E-state index is -4.89. The van der Waals surface area contributed by atoms with Crippen molar-refractivity contribution in [3.8, 4) is 0 Å². The molecule has 0 radical (unpaired) electrons. The van der Waals surface area contributed by atoms with Crippen LogP contribution in [0.15, 0.2) is 0 Å². The largest absolute Gasteiger partial charge is 0.470 e. The summed E-state index contributed by atoms with van der Waals surface area (Å²) in [5.41, 5.74) is 0. The van der Waals surface area contributed by atoms with Crippen molar-refractivity contribution in [3.63, 3.8) is 0 Å². The zero-order valence-corrected chi connectivity index (χ0v) is 12.2. The van der Waals surface area contributed by atoms with Crippen molar-refractivity contribution < 1.29 is 42.9 Å². The van der Waals surface area contributed by atoms with Crippen LogP contribution in [0, 0.1) is 0 Å². The number of hydrogen-bond donors (Lipinski definition) is 5. The van der Waals surface area contributed by atoms with Crippen molar-refractivity contribution in [3.05, 3.63) is 0 Å². The molecule has 19 heavy (non-hydrogen) atoms. The highest BCUT2D eigenvalue weighted by Crippen LogP contribution is 2.43. The average molecular weight is 322 g/mol. The van der Waals surface area contributed by atoms with E-state index in [1.165, 1.54) is 0 Å². The molecule has 2 unspecified atom stereocenters. The minimum absolute atomic E-state index is 0.101. The van der Waals surface area contributed by atoms with Gasteiger partial charge in [-0.3, -0.25) is 9.05 Å². The molecule has 0 saturated heterocycles. The molecule has 0 saturated carbocycles. The minimum Gasteiger partial charge on any atom is -0.394 e. The first-order valence-corrected chi connectivity index (χ1v) is 8.74. The van der Waals surface area contributed by atoms with Crippen molar-refractivity contribution in [2.45, 2.75) is 44.8 Å². The van der Waals surface area contributed by atoms with E-state index in [1.54, 1.807) is 0 Å². The predicted octanol–water partition coefficient (Wildman–Crippen LogP) is 0.515. The quantitative estimate of drug-likeness (QED) is 0.286. The summed E-state index contributed by atoms with van der Waals surface area (Å²) in [5.74, 6) is 0. The Morgan fingerprint density at radius 3 is 1.79 bits per heavy atom. The van der Waals surface area contributed by atoms with E-state index in [9.17, 15) is 9.13 Å². The van der Waals surface area contributed by atoms with Gasteiger partial charge in [-0.05, 0) is 6.42 Å². The molecule has 0 aromatic carbocycles. The van der Waals surface area contributed by atoms with E-state index in [4.69, 9.17) is 24.7 Å². The summed E-state index contributed by atoms with van der Waals surface area (Å²) in [6, 6.07) is 0. The molecule has 9 nitrogen and oxygen atoms in total. The van der Waals surface area contributed by atoms with E-state index < -0.39 is 34.5 Å². The maximum absolute atomic E-state index is 10.8. The van der Waals surface area contributed by atoms with Crippen molar-refractivity contribution in [2.75, 3.05) is 6.61 Å². The second-order valence-electron chi connectivity index (χ2n) is 3.95. The van der Waals surface area contributed by atoms with Crippen LogP contribution in [0.1, 0.15) is 32.6 Å². The summed E-state index contributed by atoms with van der Waals surface area (Å²) in [7, 11) is -9.74. The first-order valence-electron chi connectivity index (χ1n) is 5.67. The second kappa shape index (κ2) is 8.46. The molecule has 2 atom stereocenters. The molecular weight excluding hydrogens is 302 g/mol. The van der Waals surface area contributed by atoms with Crippen LogP contribution in [0.5, 0.6) is 0 Å². The Morgan fingerprint density at radius 2 is 1.42 bits per heavy atom. The van der Waals surface area contributed by atoms with Gasteiger partial charge in [-0.1, -0.05) is 26.2 Å². The van der Waals surface area contributed by atoms with Crippen molar-refractivity contribution in [1.82, 2.24) is 0 Å². The highest BCUT2D eigenvalue weighted by atomic mass is 31.2. The fraction of sp³-hybridized carbons (Fsp3) is 1.00. The molecule has 0 aromatic heterocycles. The van der Waals surface area contributed by atoms with Crippen molar-refractivity contribution in [2.24, 2.45) is 0 Å². The highest BCUT2D eigenvalue weighted by Gasteiger charge is 2.33. The van der Waals surface area contributed by atoms with Gasteiger partial charge in [0.2, 0.25) is 0 Å². The second-order valence-corrected chi connectivity index (χ2v) is 6.33. The molecule has 0 rings (SSSR count). The molecule has 0 bridgehead atoms. The lowest BCUT2D eigenvalue weighted by Crippen LogP contribution is -2.33. The number of aliphatic hydroxyl groups excluding tert-OH is 1. The fourth-order valence-corrected chi connectivity index (χ4v) is 2.62. The zero-order valence-electron chi connectivity index (χ0n) is 10.5. The summed E-state index contributed by atoms with van der Waals surface area (Å²) in [5, 5.41) is 9.01. The van der Waals surface area contributed by atoms with Gasteiger partial charge in [0.1, 0.15) is 6.10 Å². The third kappa shape index (κ3) is 10.6. The number of rotatable bonds is 10. The van der Waals surface area contributed by atoms with Crippen molar-refractivity contribution >= 4 is 15.6 Å². The van der Waals surface area contributed by atoms with Crippen LogP contribution in [-0.2, 0) is 18.2 Å². The van der Waals surface area contributed by atoms with E-state index in [2.05, 4.69) is 9.05 Å². The SMILES string of the molecule is CCCCCC(OP(=O)(O)O)C(CO)OP(=O)(O)O. The monoisotopic (exact) mass is 322 g/mol. The van der Waals surface area contributed by atoms with Crippen LogP contribution in [0.3, 0.4) is 0 Å². The Balaban J connectivity index is 4.75. The normalized spacial score (nSPS) is 16.3. The van der Waals surface area contributed by atoms with Crippen molar-refractivity contribution in [1.29, 1.82) is 0 Å². The van der Waals surface area contributed by atoms with Crippen LogP contribution in [0.2, 0.25) is 0 Å². The molecule has 116 valence electrons.